The van der Waals surface area contributed by atoms with Gasteiger partial charge < -0.3 is 4.74 Å². The van der Waals surface area contributed by atoms with Gasteiger partial charge in [-0.15, -0.1) is 11.3 Å². The first-order chi connectivity index (χ1) is 11.6. The molecule has 4 nitrogen and oxygen atoms in total. The van der Waals surface area contributed by atoms with Crippen LogP contribution in [0.4, 0.5) is 10.5 Å². The first kappa shape index (κ1) is 15.2. The molecule has 1 aromatic carbocycles. The molecule has 24 heavy (non-hydrogen) atoms. The average molecular weight is 338 g/mol. The second kappa shape index (κ2) is 5.64. The van der Waals surface area contributed by atoms with Gasteiger partial charge in [0, 0.05) is 10.4 Å². The fourth-order valence-corrected chi connectivity index (χ4v) is 4.82. The summed E-state index contributed by atoms with van der Waals surface area (Å²) in [5, 5.41) is 12.0. The Morgan fingerprint density at radius 2 is 2.04 bits per heavy atom. The number of nitrogens with zero attached hydrogens (tertiary/aromatic N) is 1. The number of nitriles is 1. The quantitative estimate of drug-likeness (QED) is 0.765. The minimum absolute atomic E-state index is 0.351. The summed E-state index contributed by atoms with van der Waals surface area (Å²) in [6.45, 7) is 2.03. The van der Waals surface area contributed by atoms with Gasteiger partial charge in [0.1, 0.15) is 16.5 Å². The SMILES string of the molecule is Cc1cc(C#N)sc1-c1ccc2c(c1)C1(CCCCC1)OC(=O)N2. The van der Waals surface area contributed by atoms with Gasteiger partial charge in [0.25, 0.3) is 0 Å². The number of amides is 1. The van der Waals surface area contributed by atoms with Crippen molar-refractivity contribution in [3.8, 4) is 16.5 Å². The molecule has 1 aromatic heterocycles. The molecule has 0 atom stereocenters. The Bertz CT molecular complexity index is 857. The van der Waals surface area contributed by atoms with Crippen LogP contribution in [0.25, 0.3) is 10.4 Å². The fourth-order valence-electron chi connectivity index (χ4n) is 3.86. The summed E-state index contributed by atoms with van der Waals surface area (Å²) >= 11 is 1.51. The van der Waals surface area contributed by atoms with Gasteiger partial charge in [0.05, 0.1) is 5.69 Å². The number of carbonyl (C=O) groups is 1. The number of rotatable bonds is 1. The van der Waals surface area contributed by atoms with Gasteiger partial charge in [0.15, 0.2) is 0 Å². The van der Waals surface area contributed by atoms with Gasteiger partial charge in [-0.1, -0.05) is 12.5 Å². The Balaban J connectivity index is 1.84. The largest absolute Gasteiger partial charge is 0.438 e. The van der Waals surface area contributed by atoms with E-state index >= 15 is 0 Å². The van der Waals surface area contributed by atoms with Gasteiger partial charge in [-0.3, -0.25) is 5.32 Å². The van der Waals surface area contributed by atoms with Crippen molar-refractivity contribution in [3.05, 3.63) is 40.3 Å². The van der Waals surface area contributed by atoms with E-state index in [0.29, 0.717) is 0 Å². The van der Waals surface area contributed by atoms with Crippen LogP contribution in [0.5, 0.6) is 0 Å². The second-order valence-electron chi connectivity index (χ2n) is 6.56. The summed E-state index contributed by atoms with van der Waals surface area (Å²) in [4.78, 5) is 13.8. The molecule has 4 rings (SSSR count). The van der Waals surface area contributed by atoms with E-state index in [9.17, 15) is 4.79 Å². The molecule has 2 aliphatic rings. The predicted octanol–water partition coefficient (Wildman–Crippen LogP) is 5.32. The lowest BCUT2D eigenvalue weighted by Crippen LogP contribution is -2.41. The third-order valence-corrected chi connectivity index (χ3v) is 6.18. The number of fused-ring (bicyclic) bond motifs is 2. The summed E-state index contributed by atoms with van der Waals surface area (Å²) in [7, 11) is 0. The predicted molar refractivity (Wildman–Crippen MR) is 94.1 cm³/mol. The zero-order valence-electron chi connectivity index (χ0n) is 13.5. The van der Waals surface area contributed by atoms with E-state index in [1.165, 1.54) is 17.8 Å². The minimum atomic E-state index is -0.491. The summed E-state index contributed by atoms with van der Waals surface area (Å²) in [6.07, 6.45) is 4.75. The number of hydrogen-bond acceptors (Lipinski definition) is 4. The molecule has 1 spiro atoms. The van der Waals surface area contributed by atoms with Crippen LogP contribution in [-0.4, -0.2) is 6.09 Å². The molecule has 1 saturated carbocycles. The Hall–Kier alpha value is -2.32. The second-order valence-corrected chi connectivity index (χ2v) is 7.62. The lowest BCUT2D eigenvalue weighted by molar-refractivity contribution is -0.0179. The van der Waals surface area contributed by atoms with Crippen LogP contribution >= 0.6 is 11.3 Å². The molecule has 1 aliphatic heterocycles. The van der Waals surface area contributed by atoms with Crippen LogP contribution in [0.2, 0.25) is 0 Å². The van der Waals surface area contributed by atoms with Crippen LogP contribution in [0.3, 0.4) is 0 Å². The van der Waals surface area contributed by atoms with Crippen LogP contribution in [-0.2, 0) is 10.3 Å². The lowest BCUT2D eigenvalue weighted by Gasteiger charge is -2.41. The molecular formula is C19H18N2O2S. The van der Waals surface area contributed by atoms with Crippen molar-refractivity contribution in [3.63, 3.8) is 0 Å². The Morgan fingerprint density at radius 3 is 2.75 bits per heavy atom. The topological polar surface area (TPSA) is 62.1 Å². The third-order valence-electron chi connectivity index (χ3n) is 4.99. The van der Waals surface area contributed by atoms with Gasteiger partial charge >= 0.3 is 6.09 Å². The van der Waals surface area contributed by atoms with Gasteiger partial charge in [-0.05, 0) is 61.9 Å². The first-order valence-corrected chi connectivity index (χ1v) is 9.08. The Morgan fingerprint density at radius 1 is 1.25 bits per heavy atom. The highest BCUT2D eigenvalue weighted by atomic mass is 32.1. The van der Waals surface area contributed by atoms with Crippen LogP contribution in [0, 0.1) is 18.3 Å². The highest BCUT2D eigenvalue weighted by molar-refractivity contribution is 7.16. The molecule has 1 amide bonds. The van der Waals surface area contributed by atoms with Crippen LogP contribution < -0.4 is 5.32 Å². The maximum Gasteiger partial charge on any atom is 0.412 e. The number of aryl methyl sites for hydroxylation is 1. The molecule has 1 N–H and O–H groups in total. The van der Waals surface area contributed by atoms with E-state index < -0.39 is 5.60 Å². The standard InChI is InChI=1S/C19H18N2O2S/c1-12-9-14(11-20)24-17(12)13-5-6-16-15(10-13)19(23-18(22)21-16)7-3-2-4-8-19/h5-6,9-10H,2-4,7-8H2,1H3,(H,21,22). The maximum absolute atomic E-state index is 12.0. The highest BCUT2D eigenvalue weighted by Crippen LogP contribution is 2.47. The smallest absolute Gasteiger partial charge is 0.412 e. The van der Waals surface area contributed by atoms with Crippen molar-refractivity contribution in [1.29, 1.82) is 5.26 Å². The van der Waals surface area contributed by atoms with E-state index in [1.807, 2.05) is 25.1 Å². The molecule has 1 fully saturated rings. The highest BCUT2D eigenvalue weighted by Gasteiger charge is 2.43. The van der Waals surface area contributed by atoms with Crippen molar-refractivity contribution >= 4 is 23.1 Å². The van der Waals surface area contributed by atoms with Crippen molar-refractivity contribution in [2.75, 3.05) is 5.32 Å². The average Bonchev–Trinajstić information content (AvgIpc) is 2.96. The minimum Gasteiger partial charge on any atom is -0.438 e. The van der Waals surface area contributed by atoms with Crippen molar-refractivity contribution in [2.45, 2.75) is 44.6 Å². The van der Waals surface area contributed by atoms with Gasteiger partial charge in [0.2, 0.25) is 0 Å². The Kier molecular flexibility index (Phi) is 3.58. The van der Waals surface area contributed by atoms with E-state index in [4.69, 9.17) is 10.00 Å². The zero-order valence-corrected chi connectivity index (χ0v) is 14.3. The van der Waals surface area contributed by atoms with Gasteiger partial charge in [-0.25, -0.2) is 4.79 Å². The molecule has 0 bridgehead atoms. The number of thiophene rings is 1. The van der Waals surface area contributed by atoms with Crippen LogP contribution in [0.1, 0.15) is 48.1 Å². The number of benzene rings is 1. The number of ether oxygens (including phenoxy) is 1. The van der Waals surface area contributed by atoms with E-state index in [2.05, 4.69) is 17.5 Å². The van der Waals surface area contributed by atoms with Crippen molar-refractivity contribution in [2.24, 2.45) is 0 Å². The molecule has 122 valence electrons. The summed E-state index contributed by atoms with van der Waals surface area (Å²) in [5.41, 5.74) is 3.63. The van der Waals surface area contributed by atoms with Crippen LogP contribution in [0.15, 0.2) is 24.3 Å². The molecular weight excluding hydrogens is 320 g/mol. The van der Waals surface area contributed by atoms with Crippen molar-refractivity contribution in [1.82, 2.24) is 0 Å². The molecule has 0 radical (unpaired) electrons. The monoisotopic (exact) mass is 338 g/mol. The fraction of sp³-hybridized carbons (Fsp3) is 0.368. The molecule has 0 saturated heterocycles. The summed E-state index contributed by atoms with van der Waals surface area (Å²) < 4.78 is 5.79. The molecule has 5 heteroatoms. The normalized spacial score (nSPS) is 18.4. The third kappa shape index (κ3) is 2.38. The summed E-state index contributed by atoms with van der Waals surface area (Å²) in [6, 6.07) is 10.3. The van der Waals surface area contributed by atoms with E-state index in [-0.39, 0.29) is 6.09 Å². The lowest BCUT2D eigenvalue weighted by atomic mass is 9.77. The van der Waals surface area contributed by atoms with Crippen molar-refractivity contribution < 1.29 is 9.53 Å². The molecule has 2 aromatic rings. The Labute approximate surface area is 145 Å². The number of carbonyl (C=O) groups excluding carboxylic acids is 1. The first-order valence-electron chi connectivity index (χ1n) is 8.27. The van der Waals surface area contributed by atoms with E-state index in [1.54, 1.807) is 0 Å². The molecule has 2 heterocycles. The molecule has 1 aliphatic carbocycles. The number of anilines is 1. The number of nitrogens with one attached hydrogen (secondary N) is 1. The maximum atomic E-state index is 12.0. The zero-order chi connectivity index (χ0) is 16.7. The van der Waals surface area contributed by atoms with Gasteiger partial charge in [-0.2, -0.15) is 5.26 Å². The van der Waals surface area contributed by atoms with E-state index in [0.717, 1.165) is 57.8 Å². The molecule has 0 unspecified atom stereocenters. The summed E-state index contributed by atoms with van der Waals surface area (Å²) in [5.74, 6) is 0. The number of hydrogen-bond donors (Lipinski definition) is 1.